The maximum atomic E-state index is 14.2. The minimum Gasteiger partial charge on any atom is -0.293 e. The van der Waals surface area contributed by atoms with Gasteiger partial charge in [-0.3, -0.25) is 4.57 Å². The Morgan fingerprint density at radius 3 is 2.67 bits per heavy atom. The number of nitrogens with zero attached hydrogens (tertiary/aromatic N) is 2. The Bertz CT molecular complexity index is 845. The van der Waals surface area contributed by atoms with Crippen molar-refractivity contribution in [1.82, 2.24) is 9.55 Å². The first-order chi connectivity index (χ1) is 10.0. The standard InChI is InChI=1S/C15H10BrClF2N2/c1-8-6-9(2-3-10(8)16)21-13(7-17)20-12-5-4-11(18)14(19)15(12)21/h2-6H,7H2,1H3. The van der Waals surface area contributed by atoms with Crippen LogP contribution in [0, 0.1) is 18.6 Å². The third-order valence-electron chi connectivity index (χ3n) is 3.30. The summed E-state index contributed by atoms with van der Waals surface area (Å²) in [6.07, 6.45) is 0. The number of hydrogen-bond acceptors (Lipinski definition) is 1. The molecule has 0 spiro atoms. The fourth-order valence-corrected chi connectivity index (χ4v) is 2.71. The fraction of sp³-hybridized carbons (Fsp3) is 0.133. The predicted octanol–water partition coefficient (Wildman–Crippen LogP) is 5.11. The largest absolute Gasteiger partial charge is 0.293 e. The van der Waals surface area contributed by atoms with Gasteiger partial charge in [0.2, 0.25) is 0 Å². The second-order valence-corrected chi connectivity index (χ2v) is 5.78. The summed E-state index contributed by atoms with van der Waals surface area (Å²) in [7, 11) is 0. The molecule has 0 amide bonds. The van der Waals surface area contributed by atoms with Gasteiger partial charge in [0.05, 0.1) is 11.4 Å². The van der Waals surface area contributed by atoms with Gasteiger partial charge in [-0.25, -0.2) is 13.8 Å². The third-order valence-corrected chi connectivity index (χ3v) is 4.43. The van der Waals surface area contributed by atoms with Gasteiger partial charge in [-0.05, 0) is 42.8 Å². The van der Waals surface area contributed by atoms with Gasteiger partial charge in [-0.2, -0.15) is 0 Å². The Labute approximate surface area is 133 Å². The normalized spacial score (nSPS) is 11.3. The molecule has 0 atom stereocenters. The predicted molar refractivity (Wildman–Crippen MR) is 83.0 cm³/mol. The molecule has 6 heteroatoms. The van der Waals surface area contributed by atoms with Crippen molar-refractivity contribution in [2.45, 2.75) is 12.8 Å². The van der Waals surface area contributed by atoms with Crippen molar-refractivity contribution < 1.29 is 8.78 Å². The highest BCUT2D eigenvalue weighted by Crippen LogP contribution is 2.28. The summed E-state index contributed by atoms with van der Waals surface area (Å²) < 4.78 is 30.2. The van der Waals surface area contributed by atoms with Gasteiger partial charge in [0.25, 0.3) is 0 Å². The molecule has 2 nitrogen and oxygen atoms in total. The van der Waals surface area contributed by atoms with E-state index in [0.29, 0.717) is 17.0 Å². The molecule has 2 aromatic carbocycles. The summed E-state index contributed by atoms with van der Waals surface area (Å²) in [5.41, 5.74) is 2.16. The van der Waals surface area contributed by atoms with Crippen LogP contribution in [-0.4, -0.2) is 9.55 Å². The number of hydrogen-bond donors (Lipinski definition) is 0. The van der Waals surface area contributed by atoms with Crippen LogP contribution in [0.4, 0.5) is 8.78 Å². The zero-order valence-electron chi connectivity index (χ0n) is 11.0. The molecule has 0 radical (unpaired) electrons. The van der Waals surface area contributed by atoms with E-state index in [9.17, 15) is 8.78 Å². The van der Waals surface area contributed by atoms with Crippen molar-refractivity contribution >= 4 is 38.6 Å². The van der Waals surface area contributed by atoms with Crippen LogP contribution >= 0.6 is 27.5 Å². The van der Waals surface area contributed by atoms with Crippen molar-refractivity contribution in [3.63, 3.8) is 0 Å². The average molecular weight is 372 g/mol. The van der Waals surface area contributed by atoms with Crippen LogP contribution in [-0.2, 0) is 5.88 Å². The molecule has 21 heavy (non-hydrogen) atoms. The average Bonchev–Trinajstić information content (AvgIpc) is 2.85. The van der Waals surface area contributed by atoms with E-state index in [1.807, 2.05) is 19.1 Å². The van der Waals surface area contributed by atoms with Gasteiger partial charge < -0.3 is 0 Å². The lowest BCUT2D eigenvalue weighted by Crippen LogP contribution is -2.01. The molecule has 0 N–H and O–H groups in total. The second kappa shape index (κ2) is 5.39. The highest BCUT2D eigenvalue weighted by atomic mass is 79.9. The van der Waals surface area contributed by atoms with Gasteiger partial charge in [-0.15, -0.1) is 11.6 Å². The number of fused-ring (bicyclic) bond motifs is 1. The number of aryl methyl sites for hydroxylation is 1. The number of halogens is 4. The Hall–Kier alpha value is -1.46. The molecule has 0 bridgehead atoms. The Morgan fingerprint density at radius 2 is 2.00 bits per heavy atom. The maximum absolute atomic E-state index is 14.2. The van der Waals surface area contributed by atoms with Crippen molar-refractivity contribution in [3.8, 4) is 5.69 Å². The summed E-state index contributed by atoms with van der Waals surface area (Å²) in [5, 5.41) is 0. The minimum atomic E-state index is -0.920. The first kappa shape index (κ1) is 14.5. The molecule has 1 heterocycles. The van der Waals surface area contributed by atoms with Crippen molar-refractivity contribution in [1.29, 1.82) is 0 Å². The van der Waals surface area contributed by atoms with Gasteiger partial charge >= 0.3 is 0 Å². The number of imidazole rings is 1. The summed E-state index contributed by atoms with van der Waals surface area (Å²) in [4.78, 5) is 4.27. The molecule has 3 rings (SSSR count). The summed E-state index contributed by atoms with van der Waals surface area (Å²) >= 11 is 9.33. The molecule has 0 saturated heterocycles. The zero-order valence-corrected chi connectivity index (χ0v) is 13.3. The number of rotatable bonds is 2. The smallest absolute Gasteiger partial charge is 0.185 e. The second-order valence-electron chi connectivity index (χ2n) is 4.66. The van der Waals surface area contributed by atoms with E-state index >= 15 is 0 Å². The zero-order chi connectivity index (χ0) is 15.1. The first-order valence-electron chi connectivity index (χ1n) is 6.20. The van der Waals surface area contributed by atoms with Gasteiger partial charge in [0.1, 0.15) is 11.3 Å². The van der Waals surface area contributed by atoms with E-state index < -0.39 is 11.6 Å². The van der Waals surface area contributed by atoms with Crippen LogP contribution in [0.25, 0.3) is 16.7 Å². The topological polar surface area (TPSA) is 17.8 Å². The molecule has 3 aromatic rings. The molecule has 0 aliphatic carbocycles. The molecule has 0 aliphatic rings. The fourth-order valence-electron chi connectivity index (χ4n) is 2.29. The van der Waals surface area contributed by atoms with E-state index in [-0.39, 0.29) is 11.4 Å². The molecule has 0 saturated carbocycles. The Morgan fingerprint density at radius 1 is 1.24 bits per heavy atom. The van der Waals surface area contributed by atoms with E-state index in [1.165, 1.54) is 6.07 Å². The Kier molecular flexibility index (Phi) is 3.71. The molecular formula is C15H10BrClF2N2. The lowest BCUT2D eigenvalue weighted by molar-refractivity contribution is 0.514. The highest BCUT2D eigenvalue weighted by molar-refractivity contribution is 9.10. The molecular weight excluding hydrogens is 362 g/mol. The summed E-state index contributed by atoms with van der Waals surface area (Å²) in [5.74, 6) is -1.25. The van der Waals surface area contributed by atoms with Gasteiger partial charge in [0, 0.05) is 10.2 Å². The van der Waals surface area contributed by atoms with Crippen molar-refractivity contribution in [3.05, 3.63) is 57.8 Å². The lowest BCUT2D eigenvalue weighted by atomic mass is 10.2. The van der Waals surface area contributed by atoms with Crippen LogP contribution in [0.2, 0.25) is 0 Å². The van der Waals surface area contributed by atoms with Gasteiger partial charge in [0.15, 0.2) is 11.6 Å². The number of aromatic nitrogens is 2. The van der Waals surface area contributed by atoms with Crippen molar-refractivity contribution in [2.24, 2.45) is 0 Å². The monoisotopic (exact) mass is 370 g/mol. The van der Waals surface area contributed by atoms with E-state index in [4.69, 9.17) is 11.6 Å². The molecule has 108 valence electrons. The summed E-state index contributed by atoms with van der Waals surface area (Å²) in [6, 6.07) is 8.04. The van der Waals surface area contributed by atoms with E-state index in [0.717, 1.165) is 16.1 Å². The quantitative estimate of drug-likeness (QED) is 0.572. The van der Waals surface area contributed by atoms with Crippen LogP contribution in [0.15, 0.2) is 34.8 Å². The SMILES string of the molecule is Cc1cc(-n2c(CCl)nc3ccc(F)c(F)c32)ccc1Br. The third kappa shape index (κ3) is 2.34. The summed E-state index contributed by atoms with van der Waals surface area (Å²) in [6.45, 7) is 1.92. The lowest BCUT2D eigenvalue weighted by Gasteiger charge is -2.10. The number of benzene rings is 2. The van der Waals surface area contributed by atoms with Crippen LogP contribution in [0.1, 0.15) is 11.4 Å². The number of alkyl halides is 1. The van der Waals surface area contributed by atoms with Gasteiger partial charge in [-0.1, -0.05) is 15.9 Å². The molecule has 0 unspecified atom stereocenters. The Balaban J connectivity index is 2.39. The highest BCUT2D eigenvalue weighted by Gasteiger charge is 2.18. The van der Waals surface area contributed by atoms with Crippen LogP contribution in [0.5, 0.6) is 0 Å². The molecule has 0 fully saturated rings. The molecule has 0 aliphatic heterocycles. The van der Waals surface area contributed by atoms with Crippen LogP contribution < -0.4 is 0 Å². The maximum Gasteiger partial charge on any atom is 0.185 e. The minimum absolute atomic E-state index is 0.102. The van der Waals surface area contributed by atoms with E-state index in [1.54, 1.807) is 10.6 Å². The van der Waals surface area contributed by atoms with Crippen molar-refractivity contribution in [2.75, 3.05) is 0 Å². The van der Waals surface area contributed by atoms with E-state index in [2.05, 4.69) is 20.9 Å². The van der Waals surface area contributed by atoms with Crippen LogP contribution in [0.3, 0.4) is 0 Å². The molecule has 1 aromatic heterocycles. The first-order valence-corrected chi connectivity index (χ1v) is 7.53.